The summed E-state index contributed by atoms with van der Waals surface area (Å²) in [5.41, 5.74) is 0.00690. The van der Waals surface area contributed by atoms with Gasteiger partial charge in [0.25, 0.3) is 5.91 Å². The van der Waals surface area contributed by atoms with Crippen LogP contribution in [-0.2, 0) is 51.4 Å². The van der Waals surface area contributed by atoms with Gasteiger partial charge in [0.2, 0.25) is 23.6 Å². The molecular formula is C36H28F4N6O5. The third-order valence-corrected chi connectivity index (χ3v) is 9.03. The van der Waals surface area contributed by atoms with Crippen LogP contribution < -0.4 is 16.0 Å². The largest absolute Gasteiger partial charge is 0.416 e. The zero-order valence-electron chi connectivity index (χ0n) is 26.6. The van der Waals surface area contributed by atoms with Crippen LogP contribution in [0.2, 0.25) is 0 Å². The van der Waals surface area contributed by atoms with Crippen molar-refractivity contribution in [2.24, 2.45) is 0 Å². The van der Waals surface area contributed by atoms with Crippen molar-refractivity contribution in [1.82, 2.24) is 25.1 Å². The first-order chi connectivity index (χ1) is 24.4. The number of carbonyl (C=O) groups excluding carboxylic acids is 5. The fraction of sp³-hybridized carbons (Fsp3) is 0.222. The SMILES string of the molecule is O=C(Cn1c2ccccc2c2cccnc21)NCc1ccc(CC(=O)Nc2cc3c(cc2F)C(=O)N(C2CCC(=O)NC2=O)C3)c(C(F)(F)F)c1. The van der Waals surface area contributed by atoms with Crippen molar-refractivity contribution in [1.29, 1.82) is 0 Å². The third-order valence-electron chi connectivity index (χ3n) is 9.03. The van der Waals surface area contributed by atoms with E-state index in [2.05, 4.69) is 20.9 Å². The predicted molar refractivity (Wildman–Crippen MR) is 175 cm³/mol. The highest BCUT2D eigenvalue weighted by Gasteiger charge is 2.40. The fourth-order valence-corrected chi connectivity index (χ4v) is 6.64. The molecule has 0 aliphatic carbocycles. The summed E-state index contributed by atoms with van der Waals surface area (Å²) in [6, 6.07) is 15.7. The van der Waals surface area contributed by atoms with Crippen LogP contribution in [0.25, 0.3) is 21.9 Å². The van der Waals surface area contributed by atoms with Gasteiger partial charge in [-0.25, -0.2) is 9.37 Å². The highest BCUT2D eigenvalue weighted by molar-refractivity contribution is 6.07. The number of piperidine rings is 1. The van der Waals surface area contributed by atoms with Crippen LogP contribution in [0, 0.1) is 5.82 Å². The van der Waals surface area contributed by atoms with Crippen LogP contribution in [0.1, 0.15) is 45.5 Å². The number of hydrogen-bond donors (Lipinski definition) is 3. The van der Waals surface area contributed by atoms with E-state index in [-0.39, 0.29) is 54.9 Å². The Morgan fingerprint density at radius 1 is 0.961 bits per heavy atom. The van der Waals surface area contributed by atoms with E-state index in [0.29, 0.717) is 11.2 Å². The van der Waals surface area contributed by atoms with Crippen molar-refractivity contribution in [3.05, 3.63) is 107 Å². The molecular weight excluding hydrogens is 672 g/mol. The van der Waals surface area contributed by atoms with Crippen LogP contribution in [-0.4, -0.2) is 50.0 Å². The average Bonchev–Trinajstić information content (AvgIpc) is 3.57. The minimum Gasteiger partial charge on any atom is -0.350 e. The van der Waals surface area contributed by atoms with Crippen molar-refractivity contribution in [2.75, 3.05) is 5.32 Å². The maximum atomic E-state index is 15.0. The first-order valence-electron chi connectivity index (χ1n) is 15.9. The van der Waals surface area contributed by atoms with Gasteiger partial charge in [-0.05, 0) is 59.5 Å². The number of benzene rings is 3. The van der Waals surface area contributed by atoms with Crippen LogP contribution in [0.15, 0.2) is 72.9 Å². The van der Waals surface area contributed by atoms with Crippen LogP contribution >= 0.6 is 0 Å². The Hall–Kier alpha value is -6.12. The Kier molecular flexibility index (Phi) is 8.49. The van der Waals surface area contributed by atoms with Crippen molar-refractivity contribution in [2.45, 2.75) is 51.1 Å². The number of imide groups is 1. The monoisotopic (exact) mass is 700 g/mol. The molecule has 7 rings (SSSR count). The Morgan fingerprint density at radius 2 is 1.75 bits per heavy atom. The number of nitrogens with zero attached hydrogens (tertiary/aromatic N) is 3. The van der Waals surface area contributed by atoms with E-state index in [1.54, 1.807) is 16.8 Å². The van der Waals surface area contributed by atoms with Gasteiger partial charge in [0.15, 0.2) is 0 Å². The molecule has 5 amide bonds. The summed E-state index contributed by atoms with van der Waals surface area (Å²) in [7, 11) is 0. The summed E-state index contributed by atoms with van der Waals surface area (Å²) in [6.45, 7) is -0.420. The van der Waals surface area contributed by atoms with E-state index in [1.165, 1.54) is 17.0 Å². The molecule has 1 unspecified atom stereocenters. The third kappa shape index (κ3) is 6.49. The quantitative estimate of drug-likeness (QED) is 0.160. The molecule has 0 saturated carbocycles. The van der Waals surface area contributed by atoms with Crippen LogP contribution in [0.3, 0.4) is 0 Å². The highest BCUT2D eigenvalue weighted by Crippen LogP contribution is 2.34. The summed E-state index contributed by atoms with van der Waals surface area (Å²) >= 11 is 0. The molecule has 1 saturated heterocycles. The molecule has 5 aromatic rings. The lowest BCUT2D eigenvalue weighted by Crippen LogP contribution is -2.52. The van der Waals surface area contributed by atoms with E-state index in [0.717, 1.165) is 34.5 Å². The molecule has 51 heavy (non-hydrogen) atoms. The lowest BCUT2D eigenvalue weighted by atomic mass is 10.00. The number of para-hydroxylation sites is 1. The van der Waals surface area contributed by atoms with Crippen molar-refractivity contribution in [3.63, 3.8) is 0 Å². The maximum absolute atomic E-state index is 15.0. The van der Waals surface area contributed by atoms with Gasteiger partial charge in [0, 0.05) is 42.0 Å². The highest BCUT2D eigenvalue weighted by atomic mass is 19.4. The van der Waals surface area contributed by atoms with Gasteiger partial charge < -0.3 is 20.1 Å². The Bertz CT molecular complexity index is 2230. The zero-order chi connectivity index (χ0) is 36.0. The van der Waals surface area contributed by atoms with E-state index >= 15 is 4.39 Å². The zero-order valence-corrected chi connectivity index (χ0v) is 26.6. The minimum atomic E-state index is -4.84. The summed E-state index contributed by atoms with van der Waals surface area (Å²) in [5, 5.41) is 8.89. The number of anilines is 1. The first kappa shape index (κ1) is 33.4. The minimum absolute atomic E-state index is 0.0241. The summed E-state index contributed by atoms with van der Waals surface area (Å²) < 4.78 is 59.3. The fourth-order valence-electron chi connectivity index (χ4n) is 6.64. The normalized spacial score (nSPS) is 16.0. The van der Waals surface area contributed by atoms with Crippen molar-refractivity contribution >= 4 is 57.2 Å². The van der Waals surface area contributed by atoms with Crippen molar-refractivity contribution < 1.29 is 41.5 Å². The number of nitrogens with one attached hydrogen (secondary N) is 3. The number of amides is 5. The van der Waals surface area contributed by atoms with Gasteiger partial charge in [-0.2, -0.15) is 13.2 Å². The number of rotatable bonds is 8. The van der Waals surface area contributed by atoms with E-state index in [1.807, 2.05) is 30.3 Å². The summed E-state index contributed by atoms with van der Waals surface area (Å²) in [4.78, 5) is 68.3. The van der Waals surface area contributed by atoms with Gasteiger partial charge in [-0.15, -0.1) is 0 Å². The Labute approximate surface area is 286 Å². The molecule has 15 heteroatoms. The topological polar surface area (TPSA) is 142 Å². The Balaban J connectivity index is 1.02. The second-order valence-corrected chi connectivity index (χ2v) is 12.4. The molecule has 0 bridgehead atoms. The molecule has 2 aliphatic heterocycles. The molecule has 11 nitrogen and oxygen atoms in total. The van der Waals surface area contributed by atoms with Gasteiger partial charge in [0.05, 0.1) is 23.2 Å². The van der Waals surface area contributed by atoms with Gasteiger partial charge in [-0.1, -0.05) is 30.3 Å². The van der Waals surface area contributed by atoms with Crippen LogP contribution in [0.4, 0.5) is 23.2 Å². The van der Waals surface area contributed by atoms with Crippen LogP contribution in [0.5, 0.6) is 0 Å². The molecule has 2 aromatic heterocycles. The van der Waals surface area contributed by atoms with Gasteiger partial charge >= 0.3 is 6.18 Å². The molecule has 2 aliphatic rings. The number of hydrogen-bond acceptors (Lipinski definition) is 6. The number of fused-ring (bicyclic) bond motifs is 4. The lowest BCUT2D eigenvalue weighted by molar-refractivity contribution is -0.139. The number of carbonyl (C=O) groups is 5. The number of pyridine rings is 1. The Morgan fingerprint density at radius 3 is 2.53 bits per heavy atom. The predicted octanol–water partition coefficient (Wildman–Crippen LogP) is 4.61. The number of aromatic nitrogens is 2. The van der Waals surface area contributed by atoms with E-state index < -0.39 is 59.6 Å². The molecule has 3 N–H and O–H groups in total. The molecule has 1 fully saturated rings. The smallest absolute Gasteiger partial charge is 0.350 e. The van der Waals surface area contributed by atoms with Crippen molar-refractivity contribution in [3.8, 4) is 0 Å². The molecule has 4 heterocycles. The van der Waals surface area contributed by atoms with Gasteiger partial charge in [-0.3, -0.25) is 29.3 Å². The lowest BCUT2D eigenvalue weighted by Gasteiger charge is -2.29. The van der Waals surface area contributed by atoms with Gasteiger partial charge in [0.1, 0.15) is 24.1 Å². The second-order valence-electron chi connectivity index (χ2n) is 12.4. The molecule has 0 radical (unpaired) electrons. The van der Waals surface area contributed by atoms with E-state index in [4.69, 9.17) is 0 Å². The first-order valence-corrected chi connectivity index (χ1v) is 15.9. The summed E-state index contributed by atoms with van der Waals surface area (Å²) in [6.07, 6.45) is -3.85. The maximum Gasteiger partial charge on any atom is 0.416 e. The molecule has 260 valence electrons. The molecule has 1 atom stereocenters. The van der Waals surface area contributed by atoms with E-state index in [9.17, 15) is 37.1 Å². The second kappa shape index (κ2) is 13.0. The standard InChI is InChI=1S/C36H28F4N6O5/c37-26-15-24-21(17-46(35(24)51)29-9-10-30(47)44-34(29)50)13-27(26)43-31(48)14-20-8-7-19(12-25(20)36(38,39)40)16-42-32(49)18-45-28-6-2-1-4-22(28)23-5-3-11-41-33(23)45/h1-8,11-13,15,29H,9-10,14,16-18H2,(H,42,49)(H,43,48)(H,44,47,50). The number of halogens is 4. The number of alkyl halides is 3. The summed E-state index contributed by atoms with van der Waals surface area (Å²) in [5.74, 6) is -4.10. The molecule has 3 aromatic carbocycles. The average molecular weight is 701 g/mol. The molecule has 0 spiro atoms.